The maximum atomic E-state index is 5.83. The molecule has 0 radical (unpaired) electrons. The number of anilines is 2. The molecular weight excluding hydrogens is 294 g/mol. The molecular formula is C13H16ClN5S. The van der Waals surface area contributed by atoms with Gasteiger partial charge in [0.2, 0.25) is 0 Å². The summed E-state index contributed by atoms with van der Waals surface area (Å²) in [5.74, 6) is 2.16. The van der Waals surface area contributed by atoms with Gasteiger partial charge in [-0.3, -0.25) is 0 Å². The Morgan fingerprint density at radius 1 is 1.30 bits per heavy atom. The molecule has 0 spiro atoms. The Labute approximate surface area is 126 Å². The molecule has 0 amide bonds. The highest BCUT2D eigenvalue weighted by atomic mass is 35.5. The van der Waals surface area contributed by atoms with Crippen molar-refractivity contribution in [1.82, 2.24) is 20.3 Å². The number of nitrogens with one attached hydrogen (secondary N) is 2. The minimum Gasteiger partial charge on any atom is -0.317 e. The van der Waals surface area contributed by atoms with E-state index >= 15 is 0 Å². The van der Waals surface area contributed by atoms with Crippen LogP contribution in [0.1, 0.15) is 30.3 Å². The number of aryl methyl sites for hydroxylation is 1. The van der Waals surface area contributed by atoms with Crippen molar-refractivity contribution in [2.75, 3.05) is 18.4 Å². The lowest BCUT2D eigenvalue weighted by Gasteiger charge is -2.21. The number of thiazole rings is 1. The molecule has 0 aliphatic carbocycles. The van der Waals surface area contributed by atoms with Gasteiger partial charge >= 0.3 is 0 Å². The first-order valence-electron chi connectivity index (χ1n) is 6.65. The molecule has 106 valence electrons. The fourth-order valence-electron chi connectivity index (χ4n) is 2.34. The Balaban J connectivity index is 1.82. The number of aromatic nitrogens is 3. The van der Waals surface area contributed by atoms with E-state index in [1.165, 1.54) is 11.3 Å². The molecule has 1 aliphatic rings. The average Bonchev–Trinajstić information content (AvgIpc) is 2.84. The summed E-state index contributed by atoms with van der Waals surface area (Å²) in [5.41, 5.74) is 0.971. The molecule has 2 aromatic heterocycles. The predicted octanol–water partition coefficient (Wildman–Crippen LogP) is 3.11. The maximum Gasteiger partial charge on any atom is 0.189 e. The van der Waals surface area contributed by atoms with Gasteiger partial charge < -0.3 is 10.6 Å². The summed E-state index contributed by atoms with van der Waals surface area (Å²) >= 11 is 7.30. The summed E-state index contributed by atoms with van der Waals surface area (Å²) in [6.45, 7) is 4.06. The van der Waals surface area contributed by atoms with Crippen LogP contribution in [0.5, 0.6) is 0 Å². The van der Waals surface area contributed by atoms with Gasteiger partial charge in [-0.2, -0.15) is 0 Å². The van der Waals surface area contributed by atoms with Crippen LogP contribution in [-0.2, 0) is 0 Å². The van der Waals surface area contributed by atoms with Crippen molar-refractivity contribution in [2.45, 2.75) is 25.7 Å². The second-order valence-electron chi connectivity index (χ2n) is 4.88. The van der Waals surface area contributed by atoms with Crippen LogP contribution in [0.3, 0.4) is 0 Å². The number of halogens is 1. The Morgan fingerprint density at radius 3 is 2.80 bits per heavy atom. The van der Waals surface area contributed by atoms with Crippen LogP contribution in [0.15, 0.2) is 11.4 Å². The number of hydrogen-bond donors (Lipinski definition) is 2. The van der Waals surface area contributed by atoms with Gasteiger partial charge in [-0.1, -0.05) is 11.6 Å². The molecule has 0 atom stereocenters. The quantitative estimate of drug-likeness (QED) is 0.912. The van der Waals surface area contributed by atoms with Gasteiger partial charge in [-0.05, 0) is 32.9 Å². The van der Waals surface area contributed by atoms with Crippen LogP contribution in [0.4, 0.5) is 10.9 Å². The molecule has 20 heavy (non-hydrogen) atoms. The van der Waals surface area contributed by atoms with Gasteiger partial charge in [-0.25, -0.2) is 15.0 Å². The molecule has 0 unspecified atom stereocenters. The molecule has 7 heteroatoms. The summed E-state index contributed by atoms with van der Waals surface area (Å²) in [5, 5.41) is 9.62. The second kappa shape index (κ2) is 6.03. The zero-order valence-corrected chi connectivity index (χ0v) is 12.8. The lowest BCUT2D eigenvalue weighted by atomic mass is 9.97. The lowest BCUT2D eigenvalue weighted by Crippen LogP contribution is -2.27. The van der Waals surface area contributed by atoms with Gasteiger partial charge in [0.1, 0.15) is 16.8 Å². The number of rotatable bonds is 3. The van der Waals surface area contributed by atoms with E-state index in [0.717, 1.165) is 48.4 Å². The van der Waals surface area contributed by atoms with Crippen LogP contribution in [0, 0.1) is 6.92 Å². The van der Waals surface area contributed by atoms with E-state index in [1.54, 1.807) is 5.38 Å². The maximum absolute atomic E-state index is 5.83. The summed E-state index contributed by atoms with van der Waals surface area (Å²) in [4.78, 5) is 13.4. The highest BCUT2D eigenvalue weighted by Crippen LogP contribution is 2.26. The van der Waals surface area contributed by atoms with Crippen molar-refractivity contribution in [3.8, 4) is 0 Å². The SMILES string of the molecule is Cc1cc(Nc2nc(Cl)cs2)nc(C2CCNCC2)n1. The highest BCUT2D eigenvalue weighted by Gasteiger charge is 2.18. The van der Waals surface area contributed by atoms with Crippen molar-refractivity contribution in [3.63, 3.8) is 0 Å². The van der Waals surface area contributed by atoms with Gasteiger partial charge in [-0.15, -0.1) is 11.3 Å². The van der Waals surface area contributed by atoms with E-state index in [-0.39, 0.29) is 0 Å². The number of piperidine rings is 1. The van der Waals surface area contributed by atoms with Crippen molar-refractivity contribution in [1.29, 1.82) is 0 Å². The Morgan fingerprint density at radius 2 is 2.10 bits per heavy atom. The van der Waals surface area contributed by atoms with E-state index < -0.39 is 0 Å². The largest absolute Gasteiger partial charge is 0.317 e. The molecule has 0 bridgehead atoms. The zero-order chi connectivity index (χ0) is 13.9. The number of hydrogen-bond acceptors (Lipinski definition) is 6. The van der Waals surface area contributed by atoms with Gasteiger partial charge in [0, 0.05) is 23.1 Å². The fraction of sp³-hybridized carbons (Fsp3) is 0.462. The van der Waals surface area contributed by atoms with Gasteiger partial charge in [0.25, 0.3) is 0 Å². The van der Waals surface area contributed by atoms with Crippen LogP contribution in [0.25, 0.3) is 0 Å². The molecule has 0 saturated carbocycles. The summed E-state index contributed by atoms with van der Waals surface area (Å²) < 4.78 is 0. The van der Waals surface area contributed by atoms with Crippen LogP contribution in [0.2, 0.25) is 5.15 Å². The van der Waals surface area contributed by atoms with E-state index in [2.05, 4.69) is 25.6 Å². The molecule has 2 aromatic rings. The van der Waals surface area contributed by atoms with Crippen molar-refractivity contribution in [3.05, 3.63) is 28.1 Å². The van der Waals surface area contributed by atoms with Crippen molar-refractivity contribution >= 4 is 33.9 Å². The van der Waals surface area contributed by atoms with E-state index in [0.29, 0.717) is 11.1 Å². The molecule has 5 nitrogen and oxygen atoms in total. The standard InChI is InChI=1S/C13H16ClN5S/c1-8-6-11(19-13-17-10(14)7-20-13)18-12(16-8)9-2-4-15-5-3-9/h6-7,9,15H,2-5H2,1H3,(H,16,17,18,19). The molecule has 2 N–H and O–H groups in total. The molecule has 3 heterocycles. The Hall–Kier alpha value is -1.24. The van der Waals surface area contributed by atoms with E-state index in [1.807, 2.05) is 13.0 Å². The third-order valence-corrected chi connectivity index (χ3v) is 4.37. The molecule has 3 rings (SSSR count). The molecule has 1 fully saturated rings. The van der Waals surface area contributed by atoms with Gasteiger partial charge in [0.05, 0.1) is 0 Å². The highest BCUT2D eigenvalue weighted by molar-refractivity contribution is 7.14. The van der Waals surface area contributed by atoms with Gasteiger partial charge in [0.15, 0.2) is 5.13 Å². The normalized spacial score (nSPS) is 16.3. The summed E-state index contributed by atoms with van der Waals surface area (Å²) in [6.07, 6.45) is 2.18. The van der Waals surface area contributed by atoms with E-state index in [4.69, 9.17) is 11.6 Å². The summed E-state index contributed by atoms with van der Waals surface area (Å²) in [7, 11) is 0. The smallest absolute Gasteiger partial charge is 0.189 e. The van der Waals surface area contributed by atoms with Crippen molar-refractivity contribution < 1.29 is 0 Å². The average molecular weight is 310 g/mol. The summed E-state index contributed by atoms with van der Waals surface area (Å²) in [6, 6.07) is 1.93. The number of nitrogens with zero attached hydrogens (tertiary/aromatic N) is 3. The van der Waals surface area contributed by atoms with Crippen LogP contribution >= 0.6 is 22.9 Å². The lowest BCUT2D eigenvalue weighted by molar-refractivity contribution is 0.444. The zero-order valence-electron chi connectivity index (χ0n) is 11.2. The first-order chi connectivity index (χ1) is 9.70. The monoisotopic (exact) mass is 309 g/mol. The first-order valence-corrected chi connectivity index (χ1v) is 7.91. The third-order valence-electron chi connectivity index (χ3n) is 3.29. The molecule has 0 aromatic carbocycles. The Bertz CT molecular complexity index is 594. The minimum absolute atomic E-state index is 0.441. The predicted molar refractivity (Wildman–Crippen MR) is 82.0 cm³/mol. The Kier molecular flexibility index (Phi) is 4.14. The second-order valence-corrected chi connectivity index (χ2v) is 6.12. The molecule has 1 aliphatic heterocycles. The first kappa shape index (κ1) is 13.7. The van der Waals surface area contributed by atoms with E-state index in [9.17, 15) is 0 Å². The van der Waals surface area contributed by atoms with Crippen LogP contribution < -0.4 is 10.6 Å². The minimum atomic E-state index is 0.441. The topological polar surface area (TPSA) is 62.7 Å². The van der Waals surface area contributed by atoms with Crippen LogP contribution in [-0.4, -0.2) is 28.0 Å². The molecule has 1 saturated heterocycles. The third kappa shape index (κ3) is 3.26. The van der Waals surface area contributed by atoms with Crippen molar-refractivity contribution in [2.24, 2.45) is 0 Å². The fourth-order valence-corrected chi connectivity index (χ4v) is 3.18.